The van der Waals surface area contributed by atoms with Crippen molar-refractivity contribution < 1.29 is 34.1 Å². The molecule has 2 heterocycles. The van der Waals surface area contributed by atoms with E-state index in [0.29, 0.717) is 54.0 Å². The number of carbonyl (C=O) groups excluding carboxylic acids is 4. The summed E-state index contributed by atoms with van der Waals surface area (Å²) in [5, 5.41) is 25.0. The molecule has 3 aromatic rings. The number of ether oxygens (including phenoxy) is 1. The predicted molar refractivity (Wildman–Crippen MR) is 182 cm³/mol. The van der Waals surface area contributed by atoms with Gasteiger partial charge in [0.1, 0.15) is 0 Å². The van der Waals surface area contributed by atoms with Crippen molar-refractivity contribution in [3.05, 3.63) is 101 Å². The van der Waals surface area contributed by atoms with Crippen LogP contribution in [-0.2, 0) is 37.7 Å². The molecular weight excluding hydrogens is 612 g/mol. The Balaban J connectivity index is 1.36. The fourth-order valence-electron chi connectivity index (χ4n) is 6.40. The standard InChI is InChI=1S/C37H42N4O7/c1-24(8-7-11-33(43)41-22-27-10-4-3-9-26(27)20-30(41)23-42)37(47)31-21-29(39-35(45)25-13-15-28(38)16-14-25)17-18-32(31)40(36(37)46)19-6-5-12-34(44)48-2/h3-4,7-10,13-18,21,24,30,42,47H,5-6,11-12,19-20,22-23,38H2,1-2H3,(H,39,45)/b8-7+/t24-,30-,37+/m0/s1. The molecule has 0 unspecified atom stereocenters. The molecule has 5 rings (SSSR count). The minimum Gasteiger partial charge on any atom is -0.469 e. The molecule has 0 saturated carbocycles. The number of esters is 1. The summed E-state index contributed by atoms with van der Waals surface area (Å²) in [5.41, 5.74) is 8.06. The van der Waals surface area contributed by atoms with Gasteiger partial charge in [0.2, 0.25) is 5.91 Å². The fourth-order valence-corrected chi connectivity index (χ4v) is 6.40. The van der Waals surface area contributed by atoms with Gasteiger partial charge in [-0.05, 0) is 72.9 Å². The van der Waals surface area contributed by atoms with E-state index in [2.05, 4.69) is 5.32 Å². The zero-order valence-electron chi connectivity index (χ0n) is 27.2. The van der Waals surface area contributed by atoms with Crippen molar-refractivity contribution in [1.29, 1.82) is 0 Å². The first-order valence-corrected chi connectivity index (χ1v) is 16.1. The highest BCUT2D eigenvalue weighted by Crippen LogP contribution is 2.46. The molecule has 2 aliphatic heterocycles. The van der Waals surface area contributed by atoms with Crippen LogP contribution in [0.15, 0.2) is 78.9 Å². The summed E-state index contributed by atoms with van der Waals surface area (Å²) < 4.78 is 4.72. The van der Waals surface area contributed by atoms with E-state index < -0.39 is 17.4 Å². The number of aliphatic hydroxyl groups excluding tert-OH is 1. The summed E-state index contributed by atoms with van der Waals surface area (Å²) in [6.07, 6.45) is 5.09. The van der Waals surface area contributed by atoms with Gasteiger partial charge >= 0.3 is 5.97 Å². The largest absolute Gasteiger partial charge is 0.469 e. The first kappa shape index (κ1) is 34.3. The second-order valence-corrected chi connectivity index (χ2v) is 12.3. The number of methoxy groups -OCH3 is 1. The van der Waals surface area contributed by atoms with Crippen molar-refractivity contribution in [3.63, 3.8) is 0 Å². The second-order valence-electron chi connectivity index (χ2n) is 12.3. The average molecular weight is 655 g/mol. The number of hydrogen-bond acceptors (Lipinski definition) is 8. The van der Waals surface area contributed by atoms with Gasteiger partial charge in [-0.15, -0.1) is 0 Å². The third-order valence-electron chi connectivity index (χ3n) is 9.20. The van der Waals surface area contributed by atoms with E-state index in [-0.39, 0.29) is 49.8 Å². The van der Waals surface area contributed by atoms with Crippen LogP contribution in [0.3, 0.4) is 0 Å². The minimum atomic E-state index is -1.99. The van der Waals surface area contributed by atoms with Crippen molar-refractivity contribution in [2.45, 2.75) is 57.2 Å². The van der Waals surface area contributed by atoms with Crippen LogP contribution in [0, 0.1) is 5.92 Å². The van der Waals surface area contributed by atoms with Gasteiger partial charge in [0.15, 0.2) is 5.60 Å². The van der Waals surface area contributed by atoms with Crippen LogP contribution < -0.4 is 16.0 Å². The Morgan fingerprint density at radius 1 is 1.08 bits per heavy atom. The lowest BCUT2D eigenvalue weighted by Crippen LogP contribution is -2.46. The fraction of sp³-hybridized carbons (Fsp3) is 0.351. The zero-order chi connectivity index (χ0) is 34.4. The van der Waals surface area contributed by atoms with E-state index >= 15 is 0 Å². The highest BCUT2D eigenvalue weighted by Gasteiger charge is 2.52. The average Bonchev–Trinajstić information content (AvgIpc) is 3.31. The topological polar surface area (TPSA) is 162 Å². The lowest BCUT2D eigenvalue weighted by atomic mass is 9.82. The van der Waals surface area contributed by atoms with E-state index in [9.17, 15) is 29.4 Å². The number of nitrogens with zero attached hydrogens (tertiary/aromatic N) is 2. The molecule has 0 spiro atoms. The number of fused-ring (bicyclic) bond motifs is 2. The molecule has 2 aliphatic rings. The van der Waals surface area contributed by atoms with Crippen LogP contribution in [-0.4, -0.2) is 65.1 Å². The Hall–Kier alpha value is -5.00. The SMILES string of the molecule is COC(=O)CCCCN1C(=O)[C@@](O)([C@@H](C)/C=C/CC(=O)N2Cc3ccccc3C[C@H]2CO)c2cc(NC(=O)c3ccc(N)cc3)ccc21. The van der Waals surface area contributed by atoms with E-state index in [1.165, 1.54) is 12.0 Å². The Morgan fingerprint density at radius 3 is 2.52 bits per heavy atom. The molecule has 252 valence electrons. The van der Waals surface area contributed by atoms with Gasteiger partial charge in [0.05, 0.1) is 25.4 Å². The Morgan fingerprint density at radius 2 is 1.81 bits per heavy atom. The number of unbranched alkanes of at least 4 members (excludes halogenated alkanes) is 1. The molecule has 48 heavy (non-hydrogen) atoms. The van der Waals surface area contributed by atoms with Gasteiger partial charge in [0.25, 0.3) is 11.8 Å². The molecule has 0 aromatic heterocycles. The number of amides is 3. The third-order valence-corrected chi connectivity index (χ3v) is 9.20. The Bertz CT molecular complexity index is 1710. The maximum Gasteiger partial charge on any atom is 0.305 e. The normalized spacial score (nSPS) is 19.2. The maximum absolute atomic E-state index is 14.0. The quantitative estimate of drug-likeness (QED) is 0.0989. The van der Waals surface area contributed by atoms with E-state index in [1.54, 1.807) is 66.4 Å². The molecule has 5 N–H and O–H groups in total. The monoisotopic (exact) mass is 654 g/mol. The number of anilines is 3. The number of nitrogens with two attached hydrogens (primary N) is 1. The second kappa shape index (κ2) is 14.8. The first-order valence-electron chi connectivity index (χ1n) is 16.1. The lowest BCUT2D eigenvalue weighted by molar-refractivity contribution is -0.140. The van der Waals surface area contributed by atoms with Crippen LogP contribution in [0.1, 0.15) is 59.7 Å². The maximum atomic E-state index is 14.0. The molecule has 0 fully saturated rings. The number of nitrogen functional groups attached to an aromatic ring is 1. The third kappa shape index (κ3) is 7.12. The molecule has 0 saturated heterocycles. The number of benzene rings is 3. The summed E-state index contributed by atoms with van der Waals surface area (Å²) in [6, 6.07) is 18.9. The highest BCUT2D eigenvalue weighted by molar-refractivity contribution is 6.09. The number of hydrogen-bond donors (Lipinski definition) is 4. The van der Waals surface area contributed by atoms with Crippen LogP contribution >= 0.6 is 0 Å². The Labute approximate surface area is 280 Å². The van der Waals surface area contributed by atoms with Gasteiger partial charge in [-0.3, -0.25) is 19.2 Å². The summed E-state index contributed by atoms with van der Waals surface area (Å²) in [4.78, 5) is 55.1. The molecule has 0 bridgehead atoms. The van der Waals surface area contributed by atoms with Gasteiger partial charge < -0.3 is 35.8 Å². The predicted octanol–water partition coefficient (Wildman–Crippen LogP) is 3.93. The van der Waals surface area contributed by atoms with Gasteiger partial charge in [-0.1, -0.05) is 43.3 Å². The van der Waals surface area contributed by atoms with Crippen LogP contribution in [0.25, 0.3) is 0 Å². The molecule has 11 heteroatoms. The molecular formula is C37H42N4O7. The van der Waals surface area contributed by atoms with E-state index in [0.717, 1.165) is 11.1 Å². The van der Waals surface area contributed by atoms with Crippen LogP contribution in [0.2, 0.25) is 0 Å². The zero-order valence-corrected chi connectivity index (χ0v) is 27.2. The number of aliphatic hydroxyl groups is 2. The van der Waals surface area contributed by atoms with Crippen molar-refractivity contribution in [2.24, 2.45) is 5.92 Å². The molecule has 0 radical (unpaired) electrons. The Kier molecular flexibility index (Phi) is 10.6. The van der Waals surface area contributed by atoms with Gasteiger partial charge in [0, 0.05) is 54.4 Å². The summed E-state index contributed by atoms with van der Waals surface area (Å²) >= 11 is 0. The number of carbonyl (C=O) groups is 4. The molecule has 0 aliphatic carbocycles. The molecule has 3 atom stereocenters. The minimum absolute atomic E-state index is 0.0229. The summed E-state index contributed by atoms with van der Waals surface area (Å²) in [7, 11) is 1.32. The van der Waals surface area contributed by atoms with Gasteiger partial charge in [-0.2, -0.15) is 0 Å². The molecule has 11 nitrogen and oxygen atoms in total. The van der Waals surface area contributed by atoms with E-state index in [1.807, 2.05) is 24.3 Å². The highest BCUT2D eigenvalue weighted by atomic mass is 16.5. The lowest BCUT2D eigenvalue weighted by Gasteiger charge is -2.36. The summed E-state index contributed by atoms with van der Waals surface area (Å²) in [5.74, 6) is -2.18. The number of rotatable bonds is 12. The first-order chi connectivity index (χ1) is 23.1. The molecule has 3 amide bonds. The van der Waals surface area contributed by atoms with Crippen molar-refractivity contribution in [2.75, 3.05) is 36.2 Å². The molecule has 3 aromatic carbocycles. The summed E-state index contributed by atoms with van der Waals surface area (Å²) in [6.45, 7) is 2.21. The van der Waals surface area contributed by atoms with Crippen LogP contribution in [0.5, 0.6) is 0 Å². The smallest absolute Gasteiger partial charge is 0.305 e. The van der Waals surface area contributed by atoms with E-state index in [4.69, 9.17) is 10.5 Å². The van der Waals surface area contributed by atoms with Crippen molar-refractivity contribution in [3.8, 4) is 0 Å². The van der Waals surface area contributed by atoms with Crippen LogP contribution in [0.4, 0.5) is 17.1 Å². The van der Waals surface area contributed by atoms with Gasteiger partial charge in [-0.25, -0.2) is 0 Å². The van der Waals surface area contributed by atoms with Crippen molar-refractivity contribution in [1.82, 2.24) is 4.90 Å². The number of nitrogens with one attached hydrogen (secondary N) is 1. The van der Waals surface area contributed by atoms with Crippen molar-refractivity contribution >= 4 is 40.8 Å².